The van der Waals surface area contributed by atoms with E-state index >= 15 is 0 Å². The first-order chi connectivity index (χ1) is 13.5. The fraction of sp³-hybridized carbons (Fsp3) is 0.500. The van der Waals surface area contributed by atoms with Crippen molar-refractivity contribution in [2.24, 2.45) is 5.92 Å². The molecule has 0 radical (unpaired) electrons. The standard InChI is InChI=1S/C20H27N5O2S/c1-14(2)18(19(27)24-10-4-5-11-24)22-17(26)12-28-20-23-21-13-25(20)16-8-6-15(3)7-9-16/h6-9,13-14,18H,4-5,10-12H2,1-3H3,(H,22,26)/t18-/m0/s1. The molecular formula is C20H27N5O2S. The van der Waals surface area contributed by atoms with Gasteiger partial charge in [0.2, 0.25) is 11.8 Å². The first-order valence-electron chi connectivity index (χ1n) is 9.63. The van der Waals surface area contributed by atoms with Gasteiger partial charge in [-0.25, -0.2) is 0 Å². The lowest BCUT2D eigenvalue weighted by atomic mass is 10.0. The van der Waals surface area contributed by atoms with Crippen molar-refractivity contribution in [3.63, 3.8) is 0 Å². The second kappa shape index (κ2) is 9.23. The van der Waals surface area contributed by atoms with Gasteiger partial charge in [-0.05, 0) is 37.8 Å². The van der Waals surface area contributed by atoms with Gasteiger partial charge in [-0.3, -0.25) is 14.2 Å². The minimum absolute atomic E-state index is 0.0219. The fourth-order valence-electron chi connectivity index (χ4n) is 3.20. The van der Waals surface area contributed by atoms with Crippen LogP contribution in [0.2, 0.25) is 0 Å². The Morgan fingerprint density at radius 2 is 1.86 bits per heavy atom. The molecule has 0 aliphatic carbocycles. The van der Waals surface area contributed by atoms with Crippen molar-refractivity contribution in [3.05, 3.63) is 36.2 Å². The van der Waals surface area contributed by atoms with Gasteiger partial charge in [-0.2, -0.15) is 0 Å². The Morgan fingerprint density at radius 1 is 1.18 bits per heavy atom. The molecule has 1 aliphatic rings. The molecule has 2 heterocycles. The van der Waals surface area contributed by atoms with Gasteiger partial charge in [-0.15, -0.1) is 10.2 Å². The van der Waals surface area contributed by atoms with Gasteiger partial charge in [0.1, 0.15) is 12.4 Å². The number of thioether (sulfide) groups is 1. The molecule has 1 aromatic carbocycles. The molecule has 0 saturated carbocycles. The van der Waals surface area contributed by atoms with Crippen molar-refractivity contribution in [1.29, 1.82) is 0 Å². The monoisotopic (exact) mass is 401 g/mol. The average Bonchev–Trinajstić information content (AvgIpc) is 3.36. The number of nitrogens with one attached hydrogen (secondary N) is 1. The van der Waals surface area contributed by atoms with Crippen molar-refractivity contribution in [3.8, 4) is 5.69 Å². The fourth-order valence-corrected chi connectivity index (χ4v) is 3.94. The molecule has 0 bridgehead atoms. The Hall–Kier alpha value is -2.35. The summed E-state index contributed by atoms with van der Waals surface area (Å²) < 4.78 is 1.85. The van der Waals surface area contributed by atoms with Crippen LogP contribution in [0.25, 0.3) is 5.69 Å². The van der Waals surface area contributed by atoms with Gasteiger partial charge in [0.15, 0.2) is 5.16 Å². The summed E-state index contributed by atoms with van der Waals surface area (Å²) in [6.07, 6.45) is 3.71. The molecule has 0 unspecified atom stereocenters. The Morgan fingerprint density at radius 3 is 2.50 bits per heavy atom. The Bertz CT molecular complexity index is 812. The van der Waals surface area contributed by atoms with Gasteiger partial charge < -0.3 is 10.2 Å². The number of hydrogen-bond donors (Lipinski definition) is 1. The van der Waals surface area contributed by atoms with Gasteiger partial charge in [0, 0.05) is 18.8 Å². The number of nitrogens with zero attached hydrogens (tertiary/aromatic N) is 4. The lowest BCUT2D eigenvalue weighted by molar-refractivity contribution is -0.136. The van der Waals surface area contributed by atoms with Crippen molar-refractivity contribution in [2.45, 2.75) is 44.8 Å². The number of amides is 2. The van der Waals surface area contributed by atoms with Gasteiger partial charge in [0.25, 0.3) is 0 Å². The molecule has 1 N–H and O–H groups in total. The molecule has 0 spiro atoms. The third kappa shape index (κ3) is 4.92. The maximum Gasteiger partial charge on any atom is 0.245 e. The van der Waals surface area contributed by atoms with E-state index in [-0.39, 0.29) is 23.5 Å². The lowest BCUT2D eigenvalue weighted by Gasteiger charge is -2.26. The molecule has 3 rings (SSSR count). The second-order valence-electron chi connectivity index (χ2n) is 7.43. The van der Waals surface area contributed by atoms with E-state index in [4.69, 9.17) is 0 Å². The molecular weight excluding hydrogens is 374 g/mol. The number of rotatable bonds is 7. The normalized spacial score (nSPS) is 15.1. The quantitative estimate of drug-likeness (QED) is 0.721. The van der Waals surface area contributed by atoms with E-state index in [9.17, 15) is 9.59 Å². The highest BCUT2D eigenvalue weighted by molar-refractivity contribution is 7.99. The van der Waals surface area contributed by atoms with E-state index in [0.29, 0.717) is 5.16 Å². The van der Waals surface area contributed by atoms with Crippen LogP contribution < -0.4 is 5.32 Å². The van der Waals surface area contributed by atoms with Crippen LogP contribution in [0, 0.1) is 12.8 Å². The Kier molecular flexibility index (Phi) is 6.72. The summed E-state index contributed by atoms with van der Waals surface area (Å²) in [5.41, 5.74) is 2.12. The third-order valence-corrected chi connectivity index (χ3v) is 5.77. The highest BCUT2D eigenvalue weighted by Gasteiger charge is 2.30. The zero-order chi connectivity index (χ0) is 20.1. The molecule has 1 atom stereocenters. The first kappa shape index (κ1) is 20.4. The van der Waals surface area contributed by atoms with E-state index in [2.05, 4.69) is 15.5 Å². The third-order valence-electron chi connectivity index (χ3n) is 4.83. The van der Waals surface area contributed by atoms with E-state index in [1.807, 2.05) is 54.5 Å². The molecule has 1 aliphatic heterocycles. The van der Waals surface area contributed by atoms with Crippen LogP contribution in [-0.2, 0) is 9.59 Å². The maximum atomic E-state index is 12.7. The van der Waals surface area contributed by atoms with Crippen LogP contribution in [0.3, 0.4) is 0 Å². The van der Waals surface area contributed by atoms with Crippen molar-refractivity contribution in [1.82, 2.24) is 25.0 Å². The summed E-state index contributed by atoms with van der Waals surface area (Å²) in [5.74, 6) is 0.0720. The van der Waals surface area contributed by atoms with E-state index < -0.39 is 6.04 Å². The van der Waals surface area contributed by atoms with E-state index in [1.54, 1.807) is 6.33 Å². The number of aryl methyl sites for hydroxylation is 1. The molecule has 1 saturated heterocycles. The van der Waals surface area contributed by atoms with E-state index in [0.717, 1.165) is 31.6 Å². The zero-order valence-corrected chi connectivity index (χ0v) is 17.4. The lowest BCUT2D eigenvalue weighted by Crippen LogP contribution is -2.51. The molecule has 2 aromatic rings. The summed E-state index contributed by atoms with van der Waals surface area (Å²) in [6, 6.07) is 7.54. The van der Waals surface area contributed by atoms with Crippen molar-refractivity contribution in [2.75, 3.05) is 18.8 Å². The van der Waals surface area contributed by atoms with Crippen molar-refractivity contribution < 1.29 is 9.59 Å². The van der Waals surface area contributed by atoms with Crippen LogP contribution in [0.5, 0.6) is 0 Å². The average molecular weight is 402 g/mol. The van der Waals surface area contributed by atoms with Gasteiger partial charge in [-0.1, -0.05) is 43.3 Å². The van der Waals surface area contributed by atoms with Crippen molar-refractivity contribution >= 4 is 23.6 Å². The van der Waals surface area contributed by atoms with Crippen LogP contribution >= 0.6 is 11.8 Å². The topological polar surface area (TPSA) is 80.1 Å². The summed E-state index contributed by atoms with van der Waals surface area (Å²) >= 11 is 1.31. The molecule has 1 aromatic heterocycles. The molecule has 1 fully saturated rings. The highest BCUT2D eigenvalue weighted by atomic mass is 32.2. The number of carbonyl (C=O) groups is 2. The second-order valence-corrected chi connectivity index (χ2v) is 8.37. The van der Waals surface area contributed by atoms with Gasteiger partial charge in [0.05, 0.1) is 5.75 Å². The van der Waals surface area contributed by atoms with Crippen LogP contribution in [0.1, 0.15) is 32.3 Å². The molecule has 28 heavy (non-hydrogen) atoms. The summed E-state index contributed by atoms with van der Waals surface area (Å²) in [6.45, 7) is 7.52. The zero-order valence-electron chi connectivity index (χ0n) is 16.6. The highest BCUT2D eigenvalue weighted by Crippen LogP contribution is 2.20. The smallest absolute Gasteiger partial charge is 0.245 e. The minimum Gasteiger partial charge on any atom is -0.343 e. The summed E-state index contributed by atoms with van der Waals surface area (Å²) in [5, 5.41) is 11.6. The van der Waals surface area contributed by atoms with E-state index in [1.165, 1.54) is 17.3 Å². The predicted octanol–water partition coefficient (Wildman–Crippen LogP) is 2.43. The maximum absolute atomic E-state index is 12.7. The molecule has 7 nitrogen and oxygen atoms in total. The number of likely N-dealkylation sites (tertiary alicyclic amines) is 1. The van der Waals surface area contributed by atoms with Crippen LogP contribution in [-0.4, -0.2) is 56.4 Å². The number of carbonyl (C=O) groups excluding carboxylic acids is 2. The van der Waals surface area contributed by atoms with Crippen LogP contribution in [0.15, 0.2) is 35.7 Å². The number of aromatic nitrogens is 3. The Labute approximate surface area is 169 Å². The summed E-state index contributed by atoms with van der Waals surface area (Å²) in [4.78, 5) is 27.1. The van der Waals surface area contributed by atoms with Crippen LogP contribution in [0.4, 0.5) is 0 Å². The molecule has 8 heteroatoms. The SMILES string of the molecule is Cc1ccc(-n2cnnc2SCC(=O)N[C@H](C(=O)N2CCCC2)C(C)C)cc1. The largest absolute Gasteiger partial charge is 0.343 e. The predicted molar refractivity (Wildman–Crippen MR) is 109 cm³/mol. The first-order valence-corrected chi connectivity index (χ1v) is 10.6. The Balaban J connectivity index is 1.60. The molecule has 2 amide bonds. The number of benzene rings is 1. The summed E-state index contributed by atoms with van der Waals surface area (Å²) in [7, 11) is 0. The minimum atomic E-state index is -0.485. The molecule has 150 valence electrons. The number of hydrogen-bond acceptors (Lipinski definition) is 5. The van der Waals surface area contributed by atoms with Gasteiger partial charge >= 0.3 is 0 Å².